The van der Waals surface area contributed by atoms with Crippen molar-refractivity contribution in [2.45, 2.75) is 11.8 Å². The van der Waals surface area contributed by atoms with Crippen LogP contribution in [0, 0.1) is 11.3 Å². The molecule has 1 aromatic carbocycles. The maximum Gasteiger partial charge on any atom is 0.0992 e. The first-order chi connectivity index (χ1) is 5.77. The molecule has 0 bridgehead atoms. The maximum absolute atomic E-state index is 8.61. The van der Waals surface area contributed by atoms with Gasteiger partial charge in [0.25, 0.3) is 0 Å². The van der Waals surface area contributed by atoms with Crippen molar-refractivity contribution in [3.05, 3.63) is 28.2 Å². The van der Waals surface area contributed by atoms with Gasteiger partial charge in [0.1, 0.15) is 0 Å². The molecular formula is C9H8BrNS. The predicted molar refractivity (Wildman–Crippen MR) is 55.3 cm³/mol. The van der Waals surface area contributed by atoms with Crippen molar-refractivity contribution in [1.29, 1.82) is 5.26 Å². The number of thioether (sulfide) groups is 1. The predicted octanol–water partition coefficient (Wildman–Crippen LogP) is 3.43. The van der Waals surface area contributed by atoms with Gasteiger partial charge in [0.05, 0.1) is 11.6 Å². The standard InChI is InChI=1S/C9H8BrNS/c1-2-12-9-4-3-7(6-11)5-8(9)10/h3-5H,2H2,1H3. The fourth-order valence-corrected chi connectivity index (χ4v) is 2.24. The molecule has 0 N–H and O–H groups in total. The first-order valence-electron chi connectivity index (χ1n) is 3.60. The van der Waals surface area contributed by atoms with E-state index in [2.05, 4.69) is 28.9 Å². The lowest BCUT2D eigenvalue weighted by Crippen LogP contribution is -1.78. The normalized spacial score (nSPS) is 9.42. The van der Waals surface area contributed by atoms with E-state index < -0.39 is 0 Å². The third kappa shape index (κ3) is 2.26. The van der Waals surface area contributed by atoms with Crippen molar-refractivity contribution in [3.63, 3.8) is 0 Å². The lowest BCUT2D eigenvalue weighted by molar-refractivity contribution is 1.36. The molecule has 0 amide bonds. The van der Waals surface area contributed by atoms with Crippen molar-refractivity contribution in [3.8, 4) is 6.07 Å². The summed E-state index contributed by atoms with van der Waals surface area (Å²) >= 11 is 5.18. The monoisotopic (exact) mass is 241 g/mol. The molecule has 0 radical (unpaired) electrons. The van der Waals surface area contributed by atoms with Gasteiger partial charge in [-0.2, -0.15) is 5.26 Å². The Kier molecular flexibility index (Phi) is 3.64. The third-order valence-electron chi connectivity index (χ3n) is 1.36. The molecule has 0 unspecified atom stereocenters. The van der Waals surface area contributed by atoms with E-state index in [1.54, 1.807) is 11.8 Å². The van der Waals surface area contributed by atoms with Gasteiger partial charge in [-0.25, -0.2) is 0 Å². The fraction of sp³-hybridized carbons (Fsp3) is 0.222. The molecule has 0 heterocycles. The smallest absolute Gasteiger partial charge is 0.0992 e. The molecule has 1 rings (SSSR count). The Balaban J connectivity index is 2.97. The number of hydrogen-bond acceptors (Lipinski definition) is 2. The van der Waals surface area contributed by atoms with E-state index in [9.17, 15) is 0 Å². The third-order valence-corrected chi connectivity index (χ3v) is 3.24. The van der Waals surface area contributed by atoms with Crippen LogP contribution in [0.1, 0.15) is 12.5 Å². The van der Waals surface area contributed by atoms with Crippen LogP contribution in [0.4, 0.5) is 0 Å². The minimum absolute atomic E-state index is 0.697. The highest BCUT2D eigenvalue weighted by atomic mass is 79.9. The topological polar surface area (TPSA) is 23.8 Å². The average Bonchev–Trinajstić information content (AvgIpc) is 2.09. The van der Waals surface area contributed by atoms with Crippen LogP contribution in [0.5, 0.6) is 0 Å². The quantitative estimate of drug-likeness (QED) is 0.742. The Morgan fingerprint density at radius 1 is 1.58 bits per heavy atom. The second-order valence-electron chi connectivity index (χ2n) is 2.19. The zero-order valence-electron chi connectivity index (χ0n) is 6.67. The Hall–Kier alpha value is -0.460. The SMILES string of the molecule is CCSc1ccc(C#N)cc1Br. The van der Waals surface area contributed by atoms with Crippen LogP contribution in [-0.4, -0.2) is 5.75 Å². The van der Waals surface area contributed by atoms with Crippen LogP contribution in [0.2, 0.25) is 0 Å². The molecule has 0 spiro atoms. The van der Waals surface area contributed by atoms with E-state index >= 15 is 0 Å². The molecule has 1 aromatic rings. The van der Waals surface area contributed by atoms with Crippen molar-refractivity contribution in [1.82, 2.24) is 0 Å². The van der Waals surface area contributed by atoms with E-state index in [1.165, 1.54) is 4.90 Å². The number of rotatable bonds is 2. The van der Waals surface area contributed by atoms with Gasteiger partial charge < -0.3 is 0 Å². The lowest BCUT2D eigenvalue weighted by atomic mass is 10.2. The van der Waals surface area contributed by atoms with E-state index in [0.717, 1.165) is 10.2 Å². The highest BCUT2D eigenvalue weighted by Crippen LogP contribution is 2.27. The maximum atomic E-state index is 8.61. The summed E-state index contributed by atoms with van der Waals surface area (Å²) in [6.45, 7) is 2.11. The van der Waals surface area contributed by atoms with Gasteiger partial charge in [0.15, 0.2) is 0 Å². The molecule has 0 aliphatic heterocycles. The van der Waals surface area contributed by atoms with E-state index in [-0.39, 0.29) is 0 Å². The zero-order valence-corrected chi connectivity index (χ0v) is 9.08. The van der Waals surface area contributed by atoms with Crippen molar-refractivity contribution in [2.24, 2.45) is 0 Å². The fourth-order valence-electron chi connectivity index (χ4n) is 0.843. The first-order valence-corrected chi connectivity index (χ1v) is 5.38. The summed E-state index contributed by atoms with van der Waals surface area (Å²) in [7, 11) is 0. The van der Waals surface area contributed by atoms with Crippen molar-refractivity contribution < 1.29 is 0 Å². The summed E-state index contributed by atoms with van der Waals surface area (Å²) in [4.78, 5) is 1.19. The summed E-state index contributed by atoms with van der Waals surface area (Å²) in [5.41, 5.74) is 0.697. The van der Waals surface area contributed by atoms with Gasteiger partial charge in [0.2, 0.25) is 0 Å². The molecule has 12 heavy (non-hydrogen) atoms. The van der Waals surface area contributed by atoms with E-state index in [0.29, 0.717) is 5.56 Å². The minimum atomic E-state index is 0.697. The van der Waals surface area contributed by atoms with Crippen LogP contribution in [0.15, 0.2) is 27.6 Å². The number of nitrogens with zero attached hydrogens (tertiary/aromatic N) is 1. The number of hydrogen-bond donors (Lipinski definition) is 0. The number of halogens is 1. The van der Waals surface area contributed by atoms with Crippen LogP contribution in [-0.2, 0) is 0 Å². The highest BCUT2D eigenvalue weighted by molar-refractivity contribution is 9.10. The molecule has 62 valence electrons. The van der Waals surface area contributed by atoms with Gasteiger partial charge in [-0.3, -0.25) is 0 Å². The van der Waals surface area contributed by atoms with Crippen LogP contribution < -0.4 is 0 Å². The Labute approximate surface area is 84.9 Å². The summed E-state index contributed by atoms with van der Waals surface area (Å²) in [5, 5.41) is 8.61. The second-order valence-corrected chi connectivity index (χ2v) is 4.35. The van der Waals surface area contributed by atoms with Crippen molar-refractivity contribution in [2.75, 3.05) is 5.75 Å². The molecule has 1 nitrogen and oxygen atoms in total. The van der Waals surface area contributed by atoms with Gasteiger partial charge in [-0.15, -0.1) is 11.8 Å². The molecule has 0 saturated carbocycles. The van der Waals surface area contributed by atoms with Crippen LogP contribution in [0.25, 0.3) is 0 Å². The molecule has 0 aliphatic rings. The highest BCUT2D eigenvalue weighted by Gasteiger charge is 1.99. The first kappa shape index (κ1) is 9.63. The Morgan fingerprint density at radius 3 is 2.83 bits per heavy atom. The lowest BCUT2D eigenvalue weighted by Gasteiger charge is -2.01. The molecule has 0 fully saturated rings. The van der Waals surface area contributed by atoms with Crippen LogP contribution in [0.3, 0.4) is 0 Å². The molecule has 3 heteroatoms. The largest absolute Gasteiger partial charge is 0.192 e. The Morgan fingerprint density at radius 2 is 2.33 bits per heavy atom. The summed E-state index contributed by atoms with van der Waals surface area (Å²) in [6.07, 6.45) is 0. The number of nitriles is 1. The average molecular weight is 242 g/mol. The van der Waals surface area contributed by atoms with Crippen LogP contribution >= 0.6 is 27.7 Å². The zero-order chi connectivity index (χ0) is 8.97. The summed E-state index contributed by atoms with van der Waals surface area (Å²) in [6, 6.07) is 7.75. The molecule has 0 aliphatic carbocycles. The second kappa shape index (κ2) is 4.54. The van der Waals surface area contributed by atoms with Gasteiger partial charge in [-0.05, 0) is 39.9 Å². The van der Waals surface area contributed by atoms with E-state index in [1.807, 2.05) is 18.2 Å². The van der Waals surface area contributed by atoms with Gasteiger partial charge in [0, 0.05) is 9.37 Å². The summed E-state index contributed by atoms with van der Waals surface area (Å²) < 4.78 is 1.01. The molecule has 0 atom stereocenters. The minimum Gasteiger partial charge on any atom is -0.192 e. The van der Waals surface area contributed by atoms with E-state index in [4.69, 9.17) is 5.26 Å². The van der Waals surface area contributed by atoms with Gasteiger partial charge >= 0.3 is 0 Å². The molecule has 0 saturated heterocycles. The van der Waals surface area contributed by atoms with Gasteiger partial charge in [-0.1, -0.05) is 6.92 Å². The number of benzene rings is 1. The molecular weight excluding hydrogens is 234 g/mol. The van der Waals surface area contributed by atoms with Crippen molar-refractivity contribution >= 4 is 27.7 Å². The Bertz CT molecular complexity index is 317. The summed E-state index contributed by atoms with van der Waals surface area (Å²) in [5.74, 6) is 1.05. The molecule has 0 aromatic heterocycles.